The highest BCUT2D eigenvalue weighted by Crippen LogP contribution is 2.09. The van der Waals surface area contributed by atoms with Crippen LogP contribution in [0.2, 0.25) is 0 Å². The van der Waals surface area contributed by atoms with Crippen LogP contribution in [0.4, 0.5) is 0 Å². The summed E-state index contributed by atoms with van der Waals surface area (Å²) in [6.45, 7) is 6.98. The van der Waals surface area contributed by atoms with Gasteiger partial charge in [0.1, 0.15) is 6.04 Å². The van der Waals surface area contributed by atoms with E-state index < -0.39 is 12.1 Å². The largest absolute Gasteiger partial charge is 0.345 e. The van der Waals surface area contributed by atoms with Gasteiger partial charge in [-0.3, -0.25) is 28.9 Å². The van der Waals surface area contributed by atoms with E-state index in [0.29, 0.717) is 25.8 Å². The molecule has 1 aliphatic heterocycles. The highest BCUT2D eigenvalue weighted by molar-refractivity contribution is 6.12. The SMILES string of the molecule is CC(=O)C(C)NC(=O)C(NC(=O)CCCCCN1C(=O)C=CC1=O)C(C)C. The zero-order valence-electron chi connectivity index (χ0n) is 16.4. The predicted octanol–water partition coefficient (Wildman–Crippen LogP) is 0.706. The van der Waals surface area contributed by atoms with Crippen molar-refractivity contribution in [2.75, 3.05) is 6.54 Å². The van der Waals surface area contributed by atoms with Crippen LogP contribution < -0.4 is 10.6 Å². The molecule has 0 bridgehead atoms. The molecule has 2 N–H and O–H groups in total. The first-order valence-corrected chi connectivity index (χ1v) is 9.27. The first kappa shape index (κ1) is 22.5. The Morgan fingerprint density at radius 1 is 0.963 bits per heavy atom. The van der Waals surface area contributed by atoms with Gasteiger partial charge in [-0.15, -0.1) is 0 Å². The van der Waals surface area contributed by atoms with Crippen molar-refractivity contribution in [2.24, 2.45) is 5.92 Å². The van der Waals surface area contributed by atoms with Crippen LogP contribution in [0.25, 0.3) is 0 Å². The van der Waals surface area contributed by atoms with E-state index in [9.17, 15) is 24.0 Å². The Morgan fingerprint density at radius 3 is 2.07 bits per heavy atom. The van der Waals surface area contributed by atoms with Crippen LogP contribution in [0.3, 0.4) is 0 Å². The number of nitrogens with zero attached hydrogens (tertiary/aromatic N) is 1. The Morgan fingerprint density at radius 2 is 1.56 bits per heavy atom. The van der Waals surface area contributed by atoms with Gasteiger partial charge < -0.3 is 10.6 Å². The zero-order valence-corrected chi connectivity index (χ0v) is 16.4. The van der Waals surface area contributed by atoms with Gasteiger partial charge in [0.15, 0.2) is 5.78 Å². The summed E-state index contributed by atoms with van der Waals surface area (Å²) in [5.41, 5.74) is 0. The van der Waals surface area contributed by atoms with E-state index in [-0.39, 0.29) is 41.8 Å². The summed E-state index contributed by atoms with van der Waals surface area (Å²) in [7, 11) is 0. The van der Waals surface area contributed by atoms with Gasteiger partial charge in [0.2, 0.25) is 11.8 Å². The number of amides is 4. The maximum Gasteiger partial charge on any atom is 0.253 e. The monoisotopic (exact) mass is 379 g/mol. The molecule has 1 heterocycles. The van der Waals surface area contributed by atoms with Crippen molar-refractivity contribution in [2.45, 2.75) is 65.5 Å². The van der Waals surface area contributed by atoms with Crippen LogP contribution in [0, 0.1) is 5.92 Å². The second-order valence-electron chi connectivity index (χ2n) is 7.10. The average Bonchev–Trinajstić information content (AvgIpc) is 2.90. The van der Waals surface area contributed by atoms with Gasteiger partial charge in [0.05, 0.1) is 6.04 Å². The summed E-state index contributed by atoms with van der Waals surface area (Å²) in [5.74, 6) is -1.49. The van der Waals surface area contributed by atoms with Gasteiger partial charge in [0, 0.05) is 25.1 Å². The second kappa shape index (κ2) is 10.6. The van der Waals surface area contributed by atoms with E-state index in [4.69, 9.17) is 0 Å². The lowest BCUT2D eigenvalue weighted by Gasteiger charge is -2.23. The number of hydrogen-bond donors (Lipinski definition) is 2. The van der Waals surface area contributed by atoms with Gasteiger partial charge in [0.25, 0.3) is 11.8 Å². The van der Waals surface area contributed by atoms with E-state index in [2.05, 4.69) is 10.6 Å². The number of Topliss-reactive ketones (excluding diaryl/α,β-unsaturated/α-hetero) is 1. The number of carbonyl (C=O) groups excluding carboxylic acids is 5. The molecule has 0 saturated carbocycles. The molecular weight excluding hydrogens is 350 g/mol. The third-order valence-corrected chi connectivity index (χ3v) is 4.42. The minimum atomic E-state index is -0.704. The van der Waals surface area contributed by atoms with Crippen LogP contribution in [0.1, 0.15) is 53.4 Å². The normalized spacial score (nSPS) is 15.8. The van der Waals surface area contributed by atoms with Crippen molar-refractivity contribution in [3.63, 3.8) is 0 Å². The lowest BCUT2D eigenvalue weighted by atomic mass is 10.0. The molecule has 1 rings (SSSR count). The maximum atomic E-state index is 12.3. The summed E-state index contributed by atoms with van der Waals surface area (Å²) >= 11 is 0. The zero-order chi connectivity index (χ0) is 20.6. The number of carbonyl (C=O) groups is 5. The number of hydrogen-bond acceptors (Lipinski definition) is 5. The standard InChI is InChI=1S/C19H29N3O5/c1-12(2)18(19(27)20-13(3)14(4)23)21-15(24)8-6-5-7-11-22-16(25)9-10-17(22)26/h9-10,12-13,18H,5-8,11H2,1-4H3,(H,20,27)(H,21,24). The molecule has 27 heavy (non-hydrogen) atoms. The summed E-state index contributed by atoms with van der Waals surface area (Å²) < 4.78 is 0. The molecule has 0 radical (unpaired) electrons. The van der Waals surface area contributed by atoms with Crippen LogP contribution in [-0.2, 0) is 24.0 Å². The highest BCUT2D eigenvalue weighted by Gasteiger charge is 2.26. The van der Waals surface area contributed by atoms with E-state index in [0.717, 1.165) is 0 Å². The lowest BCUT2D eigenvalue weighted by Crippen LogP contribution is -2.52. The van der Waals surface area contributed by atoms with Crippen LogP contribution in [0.5, 0.6) is 0 Å². The molecule has 150 valence electrons. The molecule has 1 aliphatic rings. The van der Waals surface area contributed by atoms with E-state index >= 15 is 0 Å². The van der Waals surface area contributed by atoms with E-state index in [1.807, 2.05) is 13.8 Å². The predicted molar refractivity (Wildman–Crippen MR) is 99.4 cm³/mol. The molecule has 0 aromatic rings. The molecule has 0 fully saturated rings. The fourth-order valence-corrected chi connectivity index (χ4v) is 2.57. The first-order valence-electron chi connectivity index (χ1n) is 9.27. The third-order valence-electron chi connectivity index (χ3n) is 4.42. The molecule has 2 atom stereocenters. The summed E-state index contributed by atoms with van der Waals surface area (Å²) in [6, 6.07) is -1.30. The molecule has 2 unspecified atom stereocenters. The molecule has 0 saturated heterocycles. The van der Waals surface area contributed by atoms with Gasteiger partial charge >= 0.3 is 0 Å². The Hall–Kier alpha value is -2.51. The Balaban J connectivity index is 2.33. The molecule has 0 aromatic carbocycles. The summed E-state index contributed by atoms with van der Waals surface area (Å²) in [5, 5.41) is 5.32. The molecule has 8 nitrogen and oxygen atoms in total. The van der Waals surface area contributed by atoms with Gasteiger partial charge in [-0.05, 0) is 32.6 Å². The van der Waals surface area contributed by atoms with Crippen LogP contribution >= 0.6 is 0 Å². The lowest BCUT2D eigenvalue weighted by molar-refractivity contribution is -0.137. The molecule has 0 aliphatic carbocycles. The van der Waals surface area contributed by atoms with Crippen molar-refractivity contribution in [1.29, 1.82) is 0 Å². The molecule has 0 spiro atoms. The smallest absolute Gasteiger partial charge is 0.253 e. The molecule has 0 aromatic heterocycles. The average molecular weight is 379 g/mol. The third kappa shape index (κ3) is 7.32. The van der Waals surface area contributed by atoms with Gasteiger partial charge in [-0.25, -0.2) is 0 Å². The first-order chi connectivity index (χ1) is 12.6. The van der Waals surface area contributed by atoms with Crippen molar-refractivity contribution < 1.29 is 24.0 Å². The molecule has 4 amide bonds. The number of rotatable bonds is 11. The molecule has 8 heteroatoms. The number of nitrogens with one attached hydrogen (secondary N) is 2. The van der Waals surface area contributed by atoms with E-state index in [1.54, 1.807) is 6.92 Å². The Labute approximate surface area is 159 Å². The molecular formula is C19H29N3O5. The number of imide groups is 1. The van der Waals surface area contributed by atoms with Crippen LogP contribution in [0.15, 0.2) is 12.2 Å². The highest BCUT2D eigenvalue weighted by atomic mass is 16.2. The Kier molecular flexibility index (Phi) is 8.84. The van der Waals surface area contributed by atoms with Crippen molar-refractivity contribution in [1.82, 2.24) is 15.5 Å². The number of unbranched alkanes of at least 4 members (excludes halogenated alkanes) is 2. The Bertz CT molecular complexity index is 609. The van der Waals surface area contributed by atoms with Gasteiger partial charge in [-0.1, -0.05) is 20.3 Å². The number of ketones is 1. The van der Waals surface area contributed by atoms with Gasteiger partial charge in [-0.2, -0.15) is 0 Å². The topological polar surface area (TPSA) is 113 Å². The fourth-order valence-electron chi connectivity index (χ4n) is 2.57. The minimum absolute atomic E-state index is 0.118. The van der Waals surface area contributed by atoms with Crippen molar-refractivity contribution in [3.05, 3.63) is 12.2 Å². The fraction of sp³-hybridized carbons (Fsp3) is 0.632. The van der Waals surface area contributed by atoms with Crippen molar-refractivity contribution >= 4 is 29.4 Å². The van der Waals surface area contributed by atoms with Crippen LogP contribution in [-0.4, -0.2) is 52.9 Å². The maximum absolute atomic E-state index is 12.3. The van der Waals surface area contributed by atoms with E-state index in [1.165, 1.54) is 24.0 Å². The van der Waals surface area contributed by atoms with Crippen molar-refractivity contribution in [3.8, 4) is 0 Å². The second-order valence-corrected chi connectivity index (χ2v) is 7.10. The quantitative estimate of drug-likeness (QED) is 0.405. The summed E-state index contributed by atoms with van der Waals surface area (Å²) in [4.78, 5) is 59.7. The summed E-state index contributed by atoms with van der Waals surface area (Å²) in [6.07, 6.45) is 4.64. The minimum Gasteiger partial charge on any atom is -0.345 e.